The zero-order valence-electron chi connectivity index (χ0n) is 19.7. The first-order valence-corrected chi connectivity index (χ1v) is 13.9. The van der Waals surface area contributed by atoms with Gasteiger partial charge >= 0.3 is 5.97 Å². The second-order valence-corrected chi connectivity index (χ2v) is 15.0. The van der Waals surface area contributed by atoms with Crippen LogP contribution >= 0.6 is 0 Å². The Hall–Kier alpha value is -0.613. The first-order valence-electron chi connectivity index (χ1n) is 11.8. The summed E-state index contributed by atoms with van der Waals surface area (Å²) in [5.41, 5.74) is 2.68. The molecule has 0 fully saturated rings. The van der Waals surface area contributed by atoms with Gasteiger partial charge in [-0.3, -0.25) is 0 Å². The maximum atomic E-state index is 12.5. The number of cyclic esters (lactones) is 1. The van der Waals surface area contributed by atoms with Crippen LogP contribution in [0.15, 0.2) is 11.6 Å². The van der Waals surface area contributed by atoms with E-state index in [-0.39, 0.29) is 5.97 Å². The lowest BCUT2D eigenvalue weighted by Gasteiger charge is -2.42. The van der Waals surface area contributed by atoms with Crippen molar-refractivity contribution < 1.29 is 14.0 Å². The van der Waals surface area contributed by atoms with Crippen LogP contribution < -0.4 is 0 Å². The molecule has 0 spiro atoms. The van der Waals surface area contributed by atoms with Crippen LogP contribution in [0.3, 0.4) is 0 Å². The molecule has 1 heterocycles. The van der Waals surface area contributed by atoms with Gasteiger partial charge in [-0.2, -0.15) is 0 Å². The fourth-order valence-corrected chi connectivity index (χ4v) is 10.6. The van der Waals surface area contributed by atoms with E-state index in [0.29, 0.717) is 29.1 Å². The maximum absolute atomic E-state index is 12.5. The third kappa shape index (κ3) is 7.33. The molecule has 1 rings (SSSR count). The molecule has 1 aliphatic rings. The molecule has 0 aromatic heterocycles. The molecule has 0 aromatic carbocycles. The van der Waals surface area contributed by atoms with Crippen LogP contribution in [0.5, 0.6) is 0 Å². The summed E-state index contributed by atoms with van der Waals surface area (Å²) in [6.07, 6.45) is 10.9. The van der Waals surface area contributed by atoms with Gasteiger partial charge in [-0.15, -0.1) is 0 Å². The van der Waals surface area contributed by atoms with Crippen LogP contribution in [0.25, 0.3) is 0 Å². The largest absolute Gasteiger partial charge is 0.462 e. The Morgan fingerprint density at radius 3 is 2.29 bits per heavy atom. The highest BCUT2D eigenvalue weighted by Crippen LogP contribution is 2.42. The lowest BCUT2D eigenvalue weighted by molar-refractivity contribution is -0.139. The molecule has 1 atom stereocenters. The summed E-state index contributed by atoms with van der Waals surface area (Å²) in [4.78, 5) is 12.5. The Morgan fingerprint density at radius 1 is 1.07 bits per heavy atom. The second kappa shape index (κ2) is 12.8. The van der Waals surface area contributed by atoms with E-state index < -0.39 is 8.32 Å². The molecular weight excluding hydrogens is 364 g/mol. The number of hydrogen-bond donors (Lipinski definition) is 0. The minimum absolute atomic E-state index is 0.0940. The van der Waals surface area contributed by atoms with Crippen molar-refractivity contribution in [1.82, 2.24) is 0 Å². The molecule has 0 aromatic rings. The van der Waals surface area contributed by atoms with Crippen molar-refractivity contribution in [2.24, 2.45) is 5.92 Å². The van der Waals surface area contributed by atoms with E-state index in [4.69, 9.17) is 9.16 Å². The third-order valence-electron chi connectivity index (χ3n) is 6.48. The Balaban J connectivity index is 2.75. The van der Waals surface area contributed by atoms with Gasteiger partial charge in [0.2, 0.25) is 0 Å². The highest BCUT2D eigenvalue weighted by molar-refractivity contribution is 6.77. The van der Waals surface area contributed by atoms with Gasteiger partial charge in [0.1, 0.15) is 0 Å². The van der Waals surface area contributed by atoms with Crippen molar-refractivity contribution in [3.05, 3.63) is 11.6 Å². The molecule has 28 heavy (non-hydrogen) atoms. The second-order valence-electron chi connectivity index (χ2n) is 9.50. The van der Waals surface area contributed by atoms with Crippen LogP contribution in [0.4, 0.5) is 0 Å². The summed E-state index contributed by atoms with van der Waals surface area (Å²) in [5, 5.41) is 0. The zero-order valence-corrected chi connectivity index (χ0v) is 20.7. The summed E-state index contributed by atoms with van der Waals surface area (Å²) < 4.78 is 12.2. The number of unbranched alkanes of at least 4 members (excludes halogenated alkanes) is 1. The number of esters is 1. The monoisotopic (exact) mass is 410 g/mol. The van der Waals surface area contributed by atoms with E-state index in [0.717, 1.165) is 37.9 Å². The molecule has 0 N–H and O–H groups in total. The minimum atomic E-state index is -1.82. The Kier molecular flexibility index (Phi) is 11.7. The SMILES string of the molecule is CCCCC1/C=C(/CCCO[Si](C(C)C)(C(C)C)C(C)C)C(=O)OCCCC1. The summed E-state index contributed by atoms with van der Waals surface area (Å²) >= 11 is 0. The lowest BCUT2D eigenvalue weighted by atomic mass is 9.93. The topological polar surface area (TPSA) is 35.5 Å². The predicted molar refractivity (Wildman–Crippen MR) is 122 cm³/mol. The molecule has 1 aliphatic heterocycles. The van der Waals surface area contributed by atoms with Gasteiger partial charge in [-0.1, -0.05) is 67.4 Å². The zero-order chi connectivity index (χ0) is 21.2. The lowest BCUT2D eigenvalue weighted by Crippen LogP contribution is -2.47. The fraction of sp³-hybridized carbons (Fsp3) is 0.875. The highest BCUT2D eigenvalue weighted by Gasteiger charge is 2.44. The van der Waals surface area contributed by atoms with Crippen molar-refractivity contribution in [2.45, 2.75) is 116 Å². The molecule has 0 saturated carbocycles. The third-order valence-corrected chi connectivity index (χ3v) is 12.6. The molecule has 1 unspecified atom stereocenters. The molecule has 0 radical (unpaired) electrons. The van der Waals surface area contributed by atoms with E-state index in [1.54, 1.807) is 0 Å². The first-order chi connectivity index (χ1) is 13.3. The molecule has 0 amide bonds. The summed E-state index contributed by atoms with van der Waals surface area (Å²) in [6.45, 7) is 17.5. The average molecular weight is 411 g/mol. The molecule has 164 valence electrons. The van der Waals surface area contributed by atoms with Crippen molar-refractivity contribution in [1.29, 1.82) is 0 Å². The number of hydrogen-bond acceptors (Lipinski definition) is 3. The van der Waals surface area contributed by atoms with Gasteiger partial charge in [0, 0.05) is 12.2 Å². The number of allylic oxidation sites excluding steroid dienone is 1. The number of ether oxygens (including phenoxy) is 1. The van der Waals surface area contributed by atoms with Crippen molar-refractivity contribution >= 4 is 14.3 Å². The summed E-state index contributed by atoms with van der Waals surface area (Å²) in [7, 11) is -1.82. The number of carbonyl (C=O) groups is 1. The normalized spacial score (nSPS) is 21.3. The van der Waals surface area contributed by atoms with Gasteiger partial charge < -0.3 is 9.16 Å². The van der Waals surface area contributed by atoms with Crippen molar-refractivity contribution in [3.63, 3.8) is 0 Å². The number of rotatable bonds is 11. The smallest absolute Gasteiger partial charge is 0.333 e. The van der Waals surface area contributed by atoms with Gasteiger partial charge in [0.05, 0.1) is 6.61 Å². The van der Waals surface area contributed by atoms with E-state index in [1.165, 1.54) is 25.7 Å². The van der Waals surface area contributed by atoms with Gasteiger partial charge in [0.15, 0.2) is 8.32 Å². The van der Waals surface area contributed by atoms with Gasteiger partial charge in [-0.25, -0.2) is 4.79 Å². The number of carbonyl (C=O) groups excluding carboxylic acids is 1. The van der Waals surface area contributed by atoms with E-state index in [2.05, 4.69) is 54.5 Å². The van der Waals surface area contributed by atoms with Gasteiger partial charge in [0.25, 0.3) is 0 Å². The van der Waals surface area contributed by atoms with Crippen LogP contribution in [-0.2, 0) is 14.0 Å². The van der Waals surface area contributed by atoms with Crippen LogP contribution in [0.1, 0.15) is 99.8 Å². The van der Waals surface area contributed by atoms with Crippen molar-refractivity contribution in [3.8, 4) is 0 Å². The maximum Gasteiger partial charge on any atom is 0.333 e. The van der Waals surface area contributed by atoms with E-state index in [1.807, 2.05) is 0 Å². The quantitative estimate of drug-likeness (QED) is 0.202. The Morgan fingerprint density at radius 2 is 1.71 bits per heavy atom. The average Bonchev–Trinajstić information content (AvgIpc) is 2.70. The van der Waals surface area contributed by atoms with E-state index >= 15 is 0 Å². The van der Waals surface area contributed by atoms with E-state index in [9.17, 15) is 4.79 Å². The summed E-state index contributed by atoms with van der Waals surface area (Å²) in [5.74, 6) is 0.431. The van der Waals surface area contributed by atoms with Gasteiger partial charge in [-0.05, 0) is 61.1 Å². The molecule has 0 bridgehead atoms. The molecule has 0 aliphatic carbocycles. The first kappa shape index (κ1) is 25.4. The van der Waals surface area contributed by atoms with Crippen LogP contribution in [0, 0.1) is 5.92 Å². The summed E-state index contributed by atoms with van der Waals surface area (Å²) in [6, 6.07) is 0. The molecule has 0 saturated heterocycles. The highest BCUT2D eigenvalue weighted by atomic mass is 28.4. The molecular formula is C24H46O3Si. The van der Waals surface area contributed by atoms with Crippen LogP contribution in [-0.4, -0.2) is 27.5 Å². The molecule has 4 heteroatoms. The van der Waals surface area contributed by atoms with Crippen molar-refractivity contribution in [2.75, 3.05) is 13.2 Å². The fourth-order valence-electron chi connectivity index (χ4n) is 5.09. The minimum Gasteiger partial charge on any atom is -0.462 e. The van der Waals surface area contributed by atoms with Crippen LogP contribution in [0.2, 0.25) is 16.6 Å². The Labute approximate surface area is 175 Å². The predicted octanol–water partition coefficient (Wildman–Crippen LogP) is 7.42. The molecule has 3 nitrogen and oxygen atoms in total. The standard InChI is InChI=1S/C24H46O3Si/c1-8-9-13-22-14-10-11-16-26-24(25)23(18-22)15-12-17-27-28(19(2)3,20(4)5)21(6)7/h18-22H,8-17H2,1-7H3/b23-18-. The Bertz CT molecular complexity index is 460.